The van der Waals surface area contributed by atoms with E-state index in [0.717, 1.165) is 22.3 Å². The van der Waals surface area contributed by atoms with Crippen molar-refractivity contribution in [2.24, 2.45) is 0 Å². The van der Waals surface area contributed by atoms with Crippen molar-refractivity contribution in [3.63, 3.8) is 0 Å². The number of rotatable bonds is 6. The third kappa shape index (κ3) is 5.47. The number of carbonyl (C=O) groups excluding carboxylic acids is 2. The molecule has 27 heavy (non-hydrogen) atoms. The van der Waals surface area contributed by atoms with Crippen LogP contribution in [0.25, 0.3) is 0 Å². The largest absolute Gasteiger partial charge is 0.357 e. The lowest BCUT2D eigenvalue weighted by atomic mass is 10.0. The van der Waals surface area contributed by atoms with E-state index in [1.54, 1.807) is 37.1 Å². The van der Waals surface area contributed by atoms with Gasteiger partial charge < -0.3 is 10.2 Å². The van der Waals surface area contributed by atoms with E-state index in [9.17, 15) is 9.59 Å². The summed E-state index contributed by atoms with van der Waals surface area (Å²) in [6, 6.07) is 10.5. The molecule has 6 heteroatoms. The predicted molar refractivity (Wildman–Crippen MR) is 110 cm³/mol. The Kier molecular flexibility index (Phi) is 7.28. The fraction of sp³-hybridized carbons (Fsp3) is 0.333. The lowest BCUT2D eigenvalue weighted by Crippen LogP contribution is -2.47. The van der Waals surface area contributed by atoms with Crippen LogP contribution in [0.2, 0.25) is 10.0 Å². The number of hydrogen-bond acceptors (Lipinski definition) is 2. The molecule has 0 radical (unpaired) electrons. The van der Waals surface area contributed by atoms with Crippen molar-refractivity contribution in [1.82, 2.24) is 10.2 Å². The smallest absolute Gasteiger partial charge is 0.242 e. The van der Waals surface area contributed by atoms with E-state index < -0.39 is 6.04 Å². The lowest BCUT2D eigenvalue weighted by Gasteiger charge is -2.29. The maximum absolute atomic E-state index is 13.1. The van der Waals surface area contributed by atoms with Gasteiger partial charge in [0.25, 0.3) is 0 Å². The Hall–Kier alpha value is -2.04. The molecule has 0 saturated heterocycles. The van der Waals surface area contributed by atoms with Crippen LogP contribution < -0.4 is 5.32 Å². The average Bonchev–Trinajstić information content (AvgIpc) is 2.62. The van der Waals surface area contributed by atoms with Crippen molar-refractivity contribution in [1.29, 1.82) is 0 Å². The molecule has 2 aromatic rings. The van der Waals surface area contributed by atoms with E-state index in [1.165, 1.54) is 0 Å². The first kappa shape index (κ1) is 21.3. The molecular formula is C21H24Cl2N2O2. The highest BCUT2D eigenvalue weighted by molar-refractivity contribution is 6.35. The molecule has 0 heterocycles. The minimum atomic E-state index is -0.626. The van der Waals surface area contributed by atoms with Crippen LogP contribution in [0.15, 0.2) is 36.4 Å². The quantitative estimate of drug-likeness (QED) is 0.776. The number of nitrogens with zero attached hydrogens (tertiary/aromatic N) is 1. The van der Waals surface area contributed by atoms with Gasteiger partial charge in [-0.1, -0.05) is 53.0 Å². The van der Waals surface area contributed by atoms with Gasteiger partial charge in [-0.25, -0.2) is 0 Å². The molecule has 2 amide bonds. The van der Waals surface area contributed by atoms with Gasteiger partial charge >= 0.3 is 0 Å². The van der Waals surface area contributed by atoms with Gasteiger partial charge in [-0.2, -0.15) is 0 Å². The third-order valence-electron chi connectivity index (χ3n) is 4.62. The van der Waals surface area contributed by atoms with Crippen LogP contribution in [0, 0.1) is 13.8 Å². The number of amides is 2. The van der Waals surface area contributed by atoms with Crippen LogP contribution >= 0.6 is 23.2 Å². The molecule has 0 unspecified atom stereocenters. The van der Waals surface area contributed by atoms with Crippen LogP contribution in [0.3, 0.4) is 0 Å². The van der Waals surface area contributed by atoms with E-state index in [2.05, 4.69) is 5.32 Å². The molecule has 0 aliphatic rings. The highest BCUT2D eigenvalue weighted by Crippen LogP contribution is 2.24. The van der Waals surface area contributed by atoms with Crippen molar-refractivity contribution in [3.05, 3.63) is 68.7 Å². The van der Waals surface area contributed by atoms with Crippen LogP contribution in [0.1, 0.15) is 29.2 Å². The lowest BCUT2D eigenvalue weighted by molar-refractivity contribution is -0.139. The first-order valence-electron chi connectivity index (χ1n) is 8.74. The Morgan fingerprint density at radius 2 is 1.78 bits per heavy atom. The van der Waals surface area contributed by atoms with Crippen LogP contribution in [0.4, 0.5) is 0 Å². The Balaban J connectivity index is 2.32. The molecule has 0 aliphatic heterocycles. The van der Waals surface area contributed by atoms with Gasteiger partial charge in [-0.3, -0.25) is 9.59 Å². The zero-order valence-corrected chi connectivity index (χ0v) is 17.5. The van der Waals surface area contributed by atoms with E-state index in [1.807, 2.05) is 32.0 Å². The monoisotopic (exact) mass is 406 g/mol. The van der Waals surface area contributed by atoms with Crippen molar-refractivity contribution in [2.45, 2.75) is 39.8 Å². The van der Waals surface area contributed by atoms with Crippen molar-refractivity contribution in [2.75, 3.05) is 7.05 Å². The zero-order valence-electron chi connectivity index (χ0n) is 16.0. The Bertz CT molecular complexity index is 852. The summed E-state index contributed by atoms with van der Waals surface area (Å²) in [4.78, 5) is 26.9. The van der Waals surface area contributed by atoms with Crippen LogP contribution in [0.5, 0.6) is 0 Å². The predicted octanol–water partition coefficient (Wildman–Crippen LogP) is 4.32. The molecule has 1 atom stereocenters. The fourth-order valence-corrected chi connectivity index (χ4v) is 3.35. The molecule has 1 N–H and O–H groups in total. The van der Waals surface area contributed by atoms with E-state index in [-0.39, 0.29) is 24.8 Å². The molecule has 2 aromatic carbocycles. The summed E-state index contributed by atoms with van der Waals surface area (Å²) < 4.78 is 0. The number of halogens is 2. The average molecular weight is 407 g/mol. The van der Waals surface area contributed by atoms with E-state index in [0.29, 0.717) is 10.0 Å². The molecule has 0 aromatic heterocycles. The third-order valence-corrected chi connectivity index (χ3v) is 5.20. The normalized spacial score (nSPS) is 11.8. The molecule has 0 spiro atoms. The summed E-state index contributed by atoms with van der Waals surface area (Å²) in [6.45, 7) is 5.91. The van der Waals surface area contributed by atoms with Gasteiger partial charge in [-0.15, -0.1) is 0 Å². The minimum Gasteiger partial charge on any atom is -0.357 e. The standard InChI is InChI=1S/C21H24Cl2N2O2/c1-13-5-6-14(2)17(9-13)10-20(26)25(15(3)21(27)24-4)12-16-7-8-18(22)11-19(16)23/h5-9,11,15H,10,12H2,1-4H3,(H,24,27)/t15-/m0/s1. The molecule has 0 bridgehead atoms. The summed E-state index contributed by atoms with van der Waals surface area (Å²) in [5, 5.41) is 3.60. The molecular weight excluding hydrogens is 383 g/mol. The van der Waals surface area contributed by atoms with Crippen LogP contribution in [-0.2, 0) is 22.6 Å². The van der Waals surface area contributed by atoms with Crippen molar-refractivity contribution < 1.29 is 9.59 Å². The number of likely N-dealkylation sites (N-methyl/N-ethyl adjacent to an activating group) is 1. The SMILES string of the molecule is CNC(=O)[C@H](C)N(Cc1ccc(Cl)cc1Cl)C(=O)Cc1cc(C)ccc1C. The molecule has 0 saturated carbocycles. The highest BCUT2D eigenvalue weighted by atomic mass is 35.5. The number of nitrogens with one attached hydrogen (secondary N) is 1. The van der Waals surface area contributed by atoms with Gasteiger partial charge in [0.1, 0.15) is 6.04 Å². The Labute approximate surface area is 170 Å². The zero-order chi connectivity index (χ0) is 20.1. The van der Waals surface area contributed by atoms with Gasteiger partial charge in [0, 0.05) is 23.6 Å². The first-order valence-corrected chi connectivity index (χ1v) is 9.49. The Morgan fingerprint density at radius 1 is 1.07 bits per heavy atom. The van der Waals surface area contributed by atoms with Gasteiger partial charge in [0.2, 0.25) is 11.8 Å². The second-order valence-electron chi connectivity index (χ2n) is 6.65. The van der Waals surface area contributed by atoms with E-state index in [4.69, 9.17) is 23.2 Å². The van der Waals surface area contributed by atoms with Gasteiger partial charge in [0.15, 0.2) is 0 Å². The summed E-state index contributed by atoms with van der Waals surface area (Å²) in [6.07, 6.45) is 0.222. The summed E-state index contributed by atoms with van der Waals surface area (Å²) >= 11 is 12.2. The Morgan fingerprint density at radius 3 is 2.41 bits per heavy atom. The highest BCUT2D eigenvalue weighted by Gasteiger charge is 2.26. The maximum atomic E-state index is 13.1. The van der Waals surface area contributed by atoms with Crippen molar-refractivity contribution in [3.8, 4) is 0 Å². The molecule has 4 nitrogen and oxygen atoms in total. The number of carbonyl (C=O) groups is 2. The second kappa shape index (κ2) is 9.25. The maximum Gasteiger partial charge on any atom is 0.242 e. The van der Waals surface area contributed by atoms with Crippen LogP contribution in [-0.4, -0.2) is 29.8 Å². The second-order valence-corrected chi connectivity index (χ2v) is 7.50. The minimum absolute atomic E-state index is 0.134. The number of hydrogen-bond donors (Lipinski definition) is 1. The van der Waals surface area contributed by atoms with Crippen molar-refractivity contribution >= 4 is 35.0 Å². The number of aryl methyl sites for hydroxylation is 2. The summed E-state index contributed by atoms with van der Waals surface area (Å²) in [5.41, 5.74) is 3.84. The molecule has 2 rings (SSSR count). The van der Waals surface area contributed by atoms with E-state index >= 15 is 0 Å². The topological polar surface area (TPSA) is 49.4 Å². The molecule has 0 fully saturated rings. The summed E-state index contributed by atoms with van der Waals surface area (Å²) in [5.74, 6) is -0.361. The number of benzene rings is 2. The van der Waals surface area contributed by atoms with Gasteiger partial charge in [0.05, 0.1) is 6.42 Å². The molecule has 144 valence electrons. The summed E-state index contributed by atoms with van der Waals surface area (Å²) in [7, 11) is 1.56. The molecule has 0 aliphatic carbocycles. The fourth-order valence-electron chi connectivity index (χ4n) is 2.88. The van der Waals surface area contributed by atoms with Gasteiger partial charge in [-0.05, 0) is 49.6 Å². The first-order chi connectivity index (χ1) is 12.7.